The van der Waals surface area contributed by atoms with Crippen molar-refractivity contribution in [3.8, 4) is 0 Å². The van der Waals surface area contributed by atoms with Crippen molar-refractivity contribution in [1.82, 2.24) is 0 Å². The first-order valence-corrected chi connectivity index (χ1v) is 8.71. The van der Waals surface area contributed by atoms with Crippen LogP contribution in [0.2, 0.25) is 0 Å². The highest BCUT2D eigenvalue weighted by atomic mass is 16.5. The molecule has 8 heteroatoms. The number of rotatable bonds is 11. The van der Waals surface area contributed by atoms with Gasteiger partial charge in [-0.25, -0.2) is 14.4 Å². The lowest BCUT2D eigenvalue weighted by atomic mass is 9.99. The van der Waals surface area contributed by atoms with E-state index in [4.69, 9.17) is 19.7 Å². The Kier molecular flexibility index (Phi) is 8.53. The van der Waals surface area contributed by atoms with E-state index in [1.807, 2.05) is 6.92 Å². The summed E-state index contributed by atoms with van der Waals surface area (Å²) in [6.07, 6.45) is -0.305. The third-order valence-corrected chi connectivity index (χ3v) is 4.02. The molecule has 0 fully saturated rings. The Labute approximate surface area is 162 Å². The first-order chi connectivity index (χ1) is 13.1. The molecular weight excluding hydrogens is 368 g/mol. The first-order valence-electron chi connectivity index (χ1n) is 8.71. The summed E-state index contributed by atoms with van der Waals surface area (Å²) in [5.74, 6) is -3.80. The van der Waals surface area contributed by atoms with Crippen LogP contribution in [0.1, 0.15) is 64.7 Å². The highest BCUT2D eigenvalue weighted by molar-refractivity contribution is 6.06. The molecule has 1 rings (SSSR count). The minimum absolute atomic E-state index is 0.0376. The lowest BCUT2D eigenvalue weighted by Gasteiger charge is -2.18. The van der Waals surface area contributed by atoms with Gasteiger partial charge in [-0.05, 0) is 32.4 Å². The Bertz CT molecular complexity index is 780. The zero-order valence-corrected chi connectivity index (χ0v) is 16.1. The number of carboxylic acid groups (broad SMARTS) is 2. The maximum atomic E-state index is 12.5. The Hall–Kier alpha value is -3.00. The van der Waals surface area contributed by atoms with E-state index in [1.165, 1.54) is 13.0 Å². The smallest absolute Gasteiger partial charge is 0.336 e. The third-order valence-electron chi connectivity index (χ3n) is 4.02. The fourth-order valence-electron chi connectivity index (χ4n) is 2.35. The van der Waals surface area contributed by atoms with Gasteiger partial charge in [0.1, 0.15) is 12.2 Å². The Morgan fingerprint density at radius 1 is 1.11 bits per heavy atom. The van der Waals surface area contributed by atoms with Crippen molar-refractivity contribution in [3.05, 3.63) is 47.0 Å². The maximum absolute atomic E-state index is 12.5. The summed E-state index contributed by atoms with van der Waals surface area (Å²) in [4.78, 5) is 46.3. The fourth-order valence-corrected chi connectivity index (χ4v) is 2.35. The van der Waals surface area contributed by atoms with E-state index < -0.39 is 40.9 Å². The number of carbonyl (C=O) groups is 4. The number of aromatic carboxylic acids is 2. The van der Waals surface area contributed by atoms with Crippen LogP contribution in [0.3, 0.4) is 0 Å². The average Bonchev–Trinajstić information content (AvgIpc) is 2.65. The zero-order chi connectivity index (χ0) is 21.4. The Morgan fingerprint density at radius 2 is 1.71 bits per heavy atom. The SMILES string of the molecule is C=C(C)C(=O)OC(CC)CCOC(C)C(=O)c1ccc(C(=O)O)c(C(=O)O)c1. The topological polar surface area (TPSA) is 127 Å². The van der Waals surface area contributed by atoms with Crippen molar-refractivity contribution in [1.29, 1.82) is 0 Å². The second kappa shape index (κ2) is 10.4. The molecule has 0 heterocycles. The van der Waals surface area contributed by atoms with Crippen LogP contribution < -0.4 is 0 Å². The molecule has 152 valence electrons. The number of carboxylic acids is 2. The Balaban J connectivity index is 2.73. The van der Waals surface area contributed by atoms with Crippen LogP contribution in [0.25, 0.3) is 0 Å². The molecule has 1 aromatic carbocycles. The molecule has 1 aromatic rings. The molecule has 0 saturated heterocycles. The molecule has 0 saturated carbocycles. The van der Waals surface area contributed by atoms with Crippen molar-refractivity contribution in [2.24, 2.45) is 0 Å². The monoisotopic (exact) mass is 392 g/mol. The van der Waals surface area contributed by atoms with Crippen molar-refractivity contribution in [2.45, 2.75) is 45.8 Å². The van der Waals surface area contributed by atoms with Gasteiger partial charge in [0.15, 0.2) is 5.78 Å². The largest absolute Gasteiger partial charge is 0.478 e. The van der Waals surface area contributed by atoms with Crippen molar-refractivity contribution >= 4 is 23.7 Å². The lowest BCUT2D eigenvalue weighted by Crippen LogP contribution is -2.25. The van der Waals surface area contributed by atoms with Crippen LogP contribution in [0.5, 0.6) is 0 Å². The molecule has 8 nitrogen and oxygen atoms in total. The number of hydrogen-bond donors (Lipinski definition) is 2. The van der Waals surface area contributed by atoms with E-state index in [0.29, 0.717) is 18.4 Å². The third kappa shape index (κ3) is 6.31. The number of ketones is 1. The summed E-state index contributed by atoms with van der Waals surface area (Å²) >= 11 is 0. The normalized spacial score (nSPS) is 12.7. The van der Waals surface area contributed by atoms with Gasteiger partial charge in [-0.2, -0.15) is 0 Å². The first kappa shape index (κ1) is 23.0. The molecule has 0 bridgehead atoms. The lowest BCUT2D eigenvalue weighted by molar-refractivity contribution is -0.145. The summed E-state index contributed by atoms with van der Waals surface area (Å²) in [5, 5.41) is 18.2. The van der Waals surface area contributed by atoms with Gasteiger partial charge < -0.3 is 19.7 Å². The predicted octanol–water partition coefficient (Wildman–Crippen LogP) is 2.96. The van der Waals surface area contributed by atoms with Crippen molar-refractivity contribution in [3.63, 3.8) is 0 Å². The molecule has 0 aromatic heterocycles. The average molecular weight is 392 g/mol. The fraction of sp³-hybridized carbons (Fsp3) is 0.400. The molecule has 2 atom stereocenters. The molecule has 0 spiro atoms. The number of ether oxygens (including phenoxy) is 2. The predicted molar refractivity (Wildman–Crippen MR) is 99.7 cm³/mol. The molecule has 28 heavy (non-hydrogen) atoms. The van der Waals surface area contributed by atoms with Gasteiger partial charge in [-0.3, -0.25) is 4.79 Å². The van der Waals surface area contributed by atoms with Gasteiger partial charge in [0, 0.05) is 17.6 Å². The second-order valence-corrected chi connectivity index (χ2v) is 6.25. The van der Waals surface area contributed by atoms with E-state index in [0.717, 1.165) is 12.1 Å². The van der Waals surface area contributed by atoms with E-state index in [9.17, 15) is 19.2 Å². The van der Waals surface area contributed by atoms with E-state index in [-0.39, 0.29) is 18.3 Å². The van der Waals surface area contributed by atoms with E-state index in [2.05, 4.69) is 6.58 Å². The number of carbonyl (C=O) groups excluding carboxylic acids is 2. The van der Waals surface area contributed by atoms with E-state index >= 15 is 0 Å². The van der Waals surface area contributed by atoms with Crippen LogP contribution in [0, 0.1) is 0 Å². The van der Waals surface area contributed by atoms with Gasteiger partial charge in [0.25, 0.3) is 0 Å². The van der Waals surface area contributed by atoms with Crippen LogP contribution in [-0.4, -0.2) is 52.7 Å². The van der Waals surface area contributed by atoms with Crippen LogP contribution in [0.15, 0.2) is 30.4 Å². The zero-order valence-electron chi connectivity index (χ0n) is 16.1. The summed E-state index contributed by atoms with van der Waals surface area (Å²) in [6, 6.07) is 3.36. The maximum Gasteiger partial charge on any atom is 0.336 e. The number of Topliss-reactive ketones (excluding diaryl/α,β-unsaturated/α-hetero) is 1. The quantitative estimate of drug-likeness (QED) is 0.334. The van der Waals surface area contributed by atoms with E-state index in [1.54, 1.807) is 6.92 Å². The van der Waals surface area contributed by atoms with Crippen LogP contribution in [-0.2, 0) is 14.3 Å². The molecule has 2 unspecified atom stereocenters. The molecule has 0 aliphatic heterocycles. The minimum Gasteiger partial charge on any atom is -0.478 e. The Morgan fingerprint density at radius 3 is 2.21 bits per heavy atom. The standard InChI is InChI=1S/C20H24O8/c1-5-14(28-20(26)11(2)3)8-9-27-12(4)17(21)13-6-7-15(18(22)23)16(10-13)19(24)25/h6-7,10,12,14H,2,5,8-9H2,1,3-4H3,(H,22,23)(H,24,25). The van der Waals surface area contributed by atoms with Crippen molar-refractivity contribution in [2.75, 3.05) is 6.61 Å². The molecule has 0 radical (unpaired) electrons. The minimum atomic E-state index is -1.44. The summed E-state index contributed by atoms with van der Waals surface area (Å²) < 4.78 is 10.7. The molecule has 2 N–H and O–H groups in total. The number of esters is 1. The molecule has 0 aliphatic carbocycles. The van der Waals surface area contributed by atoms with Gasteiger partial charge in [0.2, 0.25) is 0 Å². The summed E-state index contributed by atoms with van der Waals surface area (Å²) in [6.45, 7) is 8.57. The van der Waals surface area contributed by atoms with Crippen LogP contribution in [0.4, 0.5) is 0 Å². The van der Waals surface area contributed by atoms with Gasteiger partial charge >= 0.3 is 17.9 Å². The van der Waals surface area contributed by atoms with Gasteiger partial charge in [0.05, 0.1) is 17.7 Å². The number of hydrogen-bond acceptors (Lipinski definition) is 6. The molecular formula is C20H24O8. The second-order valence-electron chi connectivity index (χ2n) is 6.25. The van der Waals surface area contributed by atoms with Gasteiger partial charge in [-0.1, -0.05) is 19.6 Å². The summed E-state index contributed by atoms with van der Waals surface area (Å²) in [5.41, 5.74) is -0.538. The molecule has 0 aliphatic rings. The number of benzene rings is 1. The highest BCUT2D eigenvalue weighted by Crippen LogP contribution is 2.16. The molecule has 0 amide bonds. The highest BCUT2D eigenvalue weighted by Gasteiger charge is 2.22. The van der Waals surface area contributed by atoms with Crippen LogP contribution >= 0.6 is 0 Å². The summed E-state index contributed by atoms with van der Waals surface area (Å²) in [7, 11) is 0. The van der Waals surface area contributed by atoms with Crippen molar-refractivity contribution < 1.29 is 38.9 Å². The van der Waals surface area contributed by atoms with Gasteiger partial charge in [-0.15, -0.1) is 0 Å².